The molecule has 0 spiro atoms. The molecule has 0 amide bonds. The first kappa shape index (κ1) is 15.4. The summed E-state index contributed by atoms with van der Waals surface area (Å²) >= 11 is 11.6. The van der Waals surface area contributed by atoms with E-state index in [-0.39, 0.29) is 12.0 Å². The zero-order valence-corrected chi connectivity index (χ0v) is 13.1. The molecule has 0 radical (unpaired) electrons. The molecule has 0 aliphatic heterocycles. The highest BCUT2D eigenvalue weighted by atomic mass is 127. The predicted octanol–water partition coefficient (Wildman–Crippen LogP) is 2.55. The maximum Gasteiger partial charge on any atom is 0.264 e. The van der Waals surface area contributed by atoms with Crippen LogP contribution >= 0.6 is 50.1 Å². The van der Waals surface area contributed by atoms with Crippen molar-refractivity contribution in [2.24, 2.45) is 0 Å². The molecule has 0 aliphatic carbocycles. The topological polar surface area (TPSA) is 43.4 Å². The van der Waals surface area contributed by atoms with Crippen LogP contribution in [0.4, 0.5) is 0 Å². The van der Waals surface area contributed by atoms with E-state index in [1.165, 1.54) is 0 Å². The van der Waals surface area contributed by atoms with Crippen molar-refractivity contribution in [3.05, 3.63) is 0 Å². The fourth-order valence-electron chi connectivity index (χ4n) is 0.778. The molecule has 0 fully saturated rings. The summed E-state index contributed by atoms with van der Waals surface area (Å²) in [5, 5.41) is 0.853. The molecule has 0 aromatic heterocycles. The van der Waals surface area contributed by atoms with Gasteiger partial charge in [-0.15, -0.1) is 11.6 Å². The summed E-state index contributed by atoms with van der Waals surface area (Å²) in [5.74, 6) is 0. The average molecular weight is 420 g/mol. The minimum atomic E-state index is -3.33. The first-order valence-electron chi connectivity index (χ1n) is 4.05. The Kier molecular flexibility index (Phi) is 8.42. The Hall–Kier alpha value is 1.41. The molecule has 0 aromatic rings. The third-order valence-corrected chi connectivity index (χ3v) is 4.96. The summed E-state index contributed by atoms with van der Waals surface area (Å²) in [7, 11) is -3.33. The Labute approximate surface area is 112 Å². The van der Waals surface area contributed by atoms with E-state index in [0.717, 1.165) is 18.0 Å². The highest BCUT2D eigenvalue weighted by Crippen LogP contribution is 2.20. The lowest BCUT2D eigenvalue weighted by molar-refractivity contribution is 0.313. The van der Waals surface area contributed by atoms with Crippen molar-refractivity contribution in [1.29, 1.82) is 0 Å². The number of hydrogen-bond donors (Lipinski definition) is 0. The van der Waals surface area contributed by atoms with Gasteiger partial charge in [0.25, 0.3) is 10.1 Å². The molecule has 0 rings (SSSR count). The van der Waals surface area contributed by atoms with Crippen LogP contribution in [0.25, 0.3) is 0 Å². The second-order valence-electron chi connectivity index (χ2n) is 2.82. The number of halogens is 3. The minimum absolute atomic E-state index is 0.0464. The zero-order chi connectivity index (χ0) is 11.2. The predicted molar refractivity (Wildman–Crippen MR) is 71.3 cm³/mol. The monoisotopic (exact) mass is 418 g/mol. The molecule has 3 nitrogen and oxygen atoms in total. The summed E-state index contributed by atoms with van der Waals surface area (Å²) in [6.45, 7) is 0.161. The van der Waals surface area contributed by atoms with Crippen LogP contribution in [0.2, 0.25) is 0 Å². The smallest absolute Gasteiger partial charge is 0.264 e. The van der Waals surface area contributed by atoms with Crippen LogP contribution in [0.5, 0.6) is 0 Å². The van der Waals surface area contributed by atoms with E-state index < -0.39 is 10.1 Å². The van der Waals surface area contributed by atoms with E-state index in [0.29, 0.717) is 10.3 Å². The molecule has 0 heterocycles. The Morgan fingerprint density at radius 1 is 1.50 bits per heavy atom. The Balaban J connectivity index is 3.68. The van der Waals surface area contributed by atoms with Gasteiger partial charge in [0.2, 0.25) is 0 Å². The van der Waals surface area contributed by atoms with Gasteiger partial charge in [-0.25, -0.2) is 0 Å². The standard InChI is InChI=1S/C7H13BrClIO3S/c1-14(11,12)13-5-3-6(9)7(10)2-4-8/h6-7H,2-5H2,1H3. The lowest BCUT2D eigenvalue weighted by Gasteiger charge is -2.14. The Morgan fingerprint density at radius 2 is 2.07 bits per heavy atom. The SMILES string of the molecule is CS(=O)(=O)OCCC(Cl)C(I)CCBr. The Morgan fingerprint density at radius 3 is 2.50 bits per heavy atom. The average Bonchev–Trinajstić information content (AvgIpc) is 2.02. The van der Waals surface area contributed by atoms with E-state index in [1.54, 1.807) is 0 Å². The van der Waals surface area contributed by atoms with Gasteiger partial charge in [0.15, 0.2) is 0 Å². The molecule has 0 saturated heterocycles. The van der Waals surface area contributed by atoms with Crippen LogP contribution in [-0.4, -0.2) is 35.9 Å². The molecule has 0 saturated carbocycles. The highest BCUT2D eigenvalue weighted by molar-refractivity contribution is 14.1. The zero-order valence-electron chi connectivity index (χ0n) is 7.75. The van der Waals surface area contributed by atoms with Crippen molar-refractivity contribution in [2.45, 2.75) is 22.1 Å². The quantitative estimate of drug-likeness (QED) is 0.362. The summed E-state index contributed by atoms with van der Waals surface area (Å²) in [6.07, 6.45) is 2.55. The lowest BCUT2D eigenvalue weighted by atomic mass is 10.2. The van der Waals surface area contributed by atoms with Gasteiger partial charge < -0.3 is 0 Å². The van der Waals surface area contributed by atoms with Crippen molar-refractivity contribution >= 4 is 60.2 Å². The maximum absolute atomic E-state index is 10.6. The van der Waals surface area contributed by atoms with Crippen molar-refractivity contribution in [3.8, 4) is 0 Å². The van der Waals surface area contributed by atoms with Crippen molar-refractivity contribution < 1.29 is 12.6 Å². The fourth-order valence-corrected chi connectivity index (χ4v) is 3.41. The molecule has 0 bridgehead atoms. The summed E-state index contributed by atoms with van der Waals surface area (Å²) in [6, 6.07) is 0. The van der Waals surface area contributed by atoms with E-state index in [4.69, 9.17) is 11.6 Å². The maximum atomic E-state index is 10.6. The van der Waals surface area contributed by atoms with Crippen molar-refractivity contribution in [3.63, 3.8) is 0 Å². The summed E-state index contributed by atoms with van der Waals surface area (Å²) in [4.78, 5) is 0. The molecule has 86 valence electrons. The van der Waals surface area contributed by atoms with E-state index in [2.05, 4.69) is 42.7 Å². The molecular formula is C7H13BrClIO3S. The molecule has 0 aromatic carbocycles. The fraction of sp³-hybridized carbons (Fsp3) is 1.00. The minimum Gasteiger partial charge on any atom is -0.270 e. The number of rotatable bonds is 7. The highest BCUT2D eigenvalue weighted by Gasteiger charge is 2.16. The first-order chi connectivity index (χ1) is 6.37. The molecule has 7 heteroatoms. The van der Waals surface area contributed by atoms with E-state index >= 15 is 0 Å². The van der Waals surface area contributed by atoms with Gasteiger partial charge in [-0.3, -0.25) is 4.18 Å². The van der Waals surface area contributed by atoms with Crippen molar-refractivity contribution in [1.82, 2.24) is 0 Å². The molecule has 2 atom stereocenters. The molecular weight excluding hydrogens is 406 g/mol. The van der Waals surface area contributed by atoms with Gasteiger partial charge in [0.1, 0.15) is 0 Å². The third-order valence-electron chi connectivity index (χ3n) is 1.47. The van der Waals surface area contributed by atoms with Crippen LogP contribution < -0.4 is 0 Å². The summed E-state index contributed by atoms with van der Waals surface area (Å²) in [5.41, 5.74) is 0. The molecule has 0 aliphatic rings. The van der Waals surface area contributed by atoms with Gasteiger partial charge in [0.05, 0.1) is 12.9 Å². The molecule has 2 unspecified atom stereocenters. The van der Waals surface area contributed by atoms with Gasteiger partial charge >= 0.3 is 0 Å². The van der Waals surface area contributed by atoms with Crippen LogP contribution in [0, 0.1) is 0 Å². The van der Waals surface area contributed by atoms with Crippen LogP contribution in [0.1, 0.15) is 12.8 Å². The Bertz CT molecular complexity index is 247. The normalized spacial score (nSPS) is 16.6. The van der Waals surface area contributed by atoms with Crippen LogP contribution in [0.3, 0.4) is 0 Å². The van der Waals surface area contributed by atoms with Gasteiger partial charge in [-0.2, -0.15) is 8.42 Å². The lowest BCUT2D eigenvalue weighted by Crippen LogP contribution is -2.18. The second-order valence-corrected chi connectivity index (χ2v) is 7.42. The second kappa shape index (κ2) is 7.65. The van der Waals surface area contributed by atoms with E-state index in [1.807, 2.05) is 0 Å². The number of hydrogen-bond acceptors (Lipinski definition) is 3. The van der Waals surface area contributed by atoms with Crippen LogP contribution in [-0.2, 0) is 14.3 Å². The van der Waals surface area contributed by atoms with Gasteiger partial charge in [-0.05, 0) is 12.8 Å². The largest absolute Gasteiger partial charge is 0.270 e. The third kappa shape index (κ3) is 8.70. The first-order valence-corrected chi connectivity index (χ1v) is 8.67. The van der Waals surface area contributed by atoms with Gasteiger partial charge in [-0.1, -0.05) is 38.5 Å². The number of alkyl halides is 3. The summed E-state index contributed by atoms with van der Waals surface area (Å²) < 4.78 is 26.2. The van der Waals surface area contributed by atoms with E-state index in [9.17, 15) is 8.42 Å². The molecule has 14 heavy (non-hydrogen) atoms. The van der Waals surface area contributed by atoms with Crippen LogP contribution in [0.15, 0.2) is 0 Å². The van der Waals surface area contributed by atoms with Crippen molar-refractivity contribution in [2.75, 3.05) is 18.2 Å². The molecule has 0 N–H and O–H groups in total. The van der Waals surface area contributed by atoms with Gasteiger partial charge in [0, 0.05) is 14.6 Å².